The summed E-state index contributed by atoms with van der Waals surface area (Å²) in [4.78, 5) is 11.5. The van der Waals surface area contributed by atoms with Crippen molar-refractivity contribution >= 4 is 5.97 Å². The molecule has 0 amide bonds. The largest absolute Gasteiger partial charge is 0.468 e. The van der Waals surface area contributed by atoms with E-state index in [0.717, 1.165) is 12.5 Å². The van der Waals surface area contributed by atoms with Crippen LogP contribution in [-0.4, -0.2) is 25.2 Å². The Kier molecular flexibility index (Phi) is 4.00. The molecule has 1 aliphatic rings. The minimum atomic E-state index is -0.588. The lowest BCUT2D eigenvalue weighted by Gasteiger charge is -2.42. The van der Waals surface area contributed by atoms with Crippen molar-refractivity contribution in [3.05, 3.63) is 0 Å². The van der Waals surface area contributed by atoms with Gasteiger partial charge in [-0.15, -0.1) is 0 Å². The summed E-state index contributed by atoms with van der Waals surface area (Å²) in [6, 6.07) is 0. The highest BCUT2D eigenvalue weighted by Crippen LogP contribution is 2.41. The molecule has 0 aromatic rings. The third kappa shape index (κ3) is 2.97. The molecule has 1 aliphatic carbocycles. The van der Waals surface area contributed by atoms with Crippen LogP contribution in [0.25, 0.3) is 0 Å². The molecule has 0 saturated heterocycles. The molecule has 3 heteroatoms. The van der Waals surface area contributed by atoms with Gasteiger partial charge in [0.05, 0.1) is 7.11 Å². The van der Waals surface area contributed by atoms with Crippen LogP contribution >= 0.6 is 0 Å². The van der Waals surface area contributed by atoms with Gasteiger partial charge in [-0.25, -0.2) is 0 Å². The van der Waals surface area contributed by atoms with E-state index in [1.807, 2.05) is 13.8 Å². The zero-order valence-electron chi connectivity index (χ0n) is 11.2. The molecular formula is C13H25NO2. The summed E-state index contributed by atoms with van der Waals surface area (Å²) in [7, 11) is 1.43. The van der Waals surface area contributed by atoms with Crippen LogP contribution in [0.5, 0.6) is 0 Å². The van der Waals surface area contributed by atoms with Gasteiger partial charge in [0.1, 0.15) is 5.54 Å². The molecule has 1 rings (SSSR count). The van der Waals surface area contributed by atoms with Gasteiger partial charge in [0.15, 0.2) is 0 Å². The van der Waals surface area contributed by atoms with E-state index < -0.39 is 5.54 Å². The summed E-state index contributed by atoms with van der Waals surface area (Å²) in [5.41, 5.74) is -0.320. The highest BCUT2D eigenvalue weighted by Gasteiger charge is 2.36. The van der Waals surface area contributed by atoms with E-state index in [-0.39, 0.29) is 11.4 Å². The number of carbonyl (C=O) groups is 1. The Labute approximate surface area is 98.9 Å². The Morgan fingerprint density at radius 3 is 2.25 bits per heavy atom. The van der Waals surface area contributed by atoms with Crippen LogP contribution in [-0.2, 0) is 9.53 Å². The van der Waals surface area contributed by atoms with Crippen LogP contribution in [0, 0.1) is 11.3 Å². The average Bonchev–Trinajstić information content (AvgIpc) is 2.10. The molecule has 16 heavy (non-hydrogen) atoms. The Balaban J connectivity index is 2.46. The zero-order valence-corrected chi connectivity index (χ0v) is 11.2. The van der Waals surface area contributed by atoms with E-state index in [2.05, 4.69) is 19.2 Å². The van der Waals surface area contributed by atoms with Crippen molar-refractivity contribution in [1.82, 2.24) is 5.32 Å². The monoisotopic (exact) mass is 227 g/mol. The summed E-state index contributed by atoms with van der Waals surface area (Å²) in [5.74, 6) is 0.602. The van der Waals surface area contributed by atoms with Gasteiger partial charge in [-0.3, -0.25) is 4.79 Å². The Hall–Kier alpha value is -0.570. The molecule has 1 saturated carbocycles. The van der Waals surface area contributed by atoms with Crippen molar-refractivity contribution < 1.29 is 9.53 Å². The van der Waals surface area contributed by atoms with Gasteiger partial charge in [-0.1, -0.05) is 20.3 Å². The molecule has 0 unspecified atom stereocenters. The summed E-state index contributed by atoms with van der Waals surface area (Å²) in [6.07, 6.45) is 4.01. The van der Waals surface area contributed by atoms with E-state index >= 15 is 0 Å². The van der Waals surface area contributed by atoms with Gasteiger partial charge in [0, 0.05) is 6.54 Å². The standard InChI is InChI=1S/C13H25NO2/c1-12(2,10-7-6-8-10)9-14-13(3,4)11(15)16-5/h10,14H,6-9H2,1-5H3. The molecule has 0 spiro atoms. The van der Waals surface area contributed by atoms with Gasteiger partial charge in [-0.05, 0) is 38.0 Å². The fraction of sp³-hybridized carbons (Fsp3) is 0.923. The van der Waals surface area contributed by atoms with E-state index in [1.165, 1.54) is 26.4 Å². The first-order valence-corrected chi connectivity index (χ1v) is 6.13. The third-order valence-corrected chi connectivity index (χ3v) is 3.89. The van der Waals surface area contributed by atoms with E-state index in [0.29, 0.717) is 0 Å². The van der Waals surface area contributed by atoms with Gasteiger partial charge >= 0.3 is 5.97 Å². The number of esters is 1. The van der Waals surface area contributed by atoms with Gasteiger partial charge in [-0.2, -0.15) is 0 Å². The quantitative estimate of drug-likeness (QED) is 0.733. The van der Waals surface area contributed by atoms with Crippen molar-refractivity contribution in [3.8, 4) is 0 Å². The average molecular weight is 227 g/mol. The number of hydrogen-bond donors (Lipinski definition) is 1. The maximum atomic E-state index is 11.5. The molecule has 94 valence electrons. The molecule has 1 fully saturated rings. The van der Waals surface area contributed by atoms with Gasteiger partial charge in [0.2, 0.25) is 0 Å². The van der Waals surface area contributed by atoms with Crippen LogP contribution in [0.2, 0.25) is 0 Å². The molecule has 0 aromatic heterocycles. The normalized spacial score (nSPS) is 18.1. The number of rotatable bonds is 5. The molecule has 0 heterocycles. The lowest BCUT2D eigenvalue weighted by atomic mass is 9.67. The zero-order chi connectivity index (χ0) is 12.4. The highest BCUT2D eigenvalue weighted by atomic mass is 16.5. The minimum absolute atomic E-state index is 0.197. The minimum Gasteiger partial charge on any atom is -0.468 e. The second kappa shape index (κ2) is 4.74. The first-order chi connectivity index (χ1) is 7.29. The number of ether oxygens (including phenoxy) is 1. The summed E-state index contributed by atoms with van der Waals surface area (Å²) in [5, 5.41) is 3.32. The van der Waals surface area contributed by atoms with Crippen LogP contribution in [0.4, 0.5) is 0 Å². The van der Waals surface area contributed by atoms with Gasteiger partial charge < -0.3 is 10.1 Å². The summed E-state index contributed by atoms with van der Waals surface area (Å²) in [6.45, 7) is 9.15. The maximum Gasteiger partial charge on any atom is 0.325 e. The second-order valence-electron chi connectivity index (χ2n) is 6.09. The van der Waals surface area contributed by atoms with E-state index in [1.54, 1.807) is 0 Å². The number of methoxy groups -OCH3 is 1. The summed E-state index contributed by atoms with van der Waals surface area (Å²) >= 11 is 0. The Morgan fingerprint density at radius 1 is 1.31 bits per heavy atom. The number of hydrogen-bond acceptors (Lipinski definition) is 3. The molecule has 0 bridgehead atoms. The van der Waals surface area contributed by atoms with Crippen molar-refractivity contribution in [3.63, 3.8) is 0 Å². The third-order valence-electron chi connectivity index (χ3n) is 3.89. The molecule has 0 aliphatic heterocycles. The molecule has 1 N–H and O–H groups in total. The fourth-order valence-corrected chi connectivity index (χ4v) is 2.11. The van der Waals surface area contributed by atoms with E-state index in [4.69, 9.17) is 4.74 Å². The molecular weight excluding hydrogens is 202 g/mol. The van der Waals surface area contributed by atoms with Crippen LogP contribution < -0.4 is 5.32 Å². The second-order valence-corrected chi connectivity index (χ2v) is 6.09. The van der Waals surface area contributed by atoms with Crippen molar-refractivity contribution in [2.24, 2.45) is 11.3 Å². The lowest BCUT2D eigenvalue weighted by molar-refractivity contribution is -0.147. The van der Waals surface area contributed by atoms with Crippen LogP contribution in [0.1, 0.15) is 47.0 Å². The molecule has 0 aromatic carbocycles. The smallest absolute Gasteiger partial charge is 0.325 e. The predicted octanol–water partition coefficient (Wildman–Crippen LogP) is 2.35. The maximum absolute atomic E-state index is 11.5. The van der Waals surface area contributed by atoms with Crippen LogP contribution in [0.3, 0.4) is 0 Å². The Bertz CT molecular complexity index is 255. The van der Waals surface area contributed by atoms with Crippen molar-refractivity contribution in [2.75, 3.05) is 13.7 Å². The first-order valence-electron chi connectivity index (χ1n) is 6.13. The molecule has 0 atom stereocenters. The van der Waals surface area contributed by atoms with Crippen molar-refractivity contribution in [1.29, 1.82) is 0 Å². The highest BCUT2D eigenvalue weighted by molar-refractivity contribution is 5.79. The lowest BCUT2D eigenvalue weighted by Crippen LogP contribution is -2.52. The topological polar surface area (TPSA) is 38.3 Å². The number of nitrogens with one attached hydrogen (secondary N) is 1. The molecule has 0 radical (unpaired) electrons. The molecule has 3 nitrogen and oxygen atoms in total. The first kappa shape index (κ1) is 13.5. The van der Waals surface area contributed by atoms with Crippen molar-refractivity contribution in [2.45, 2.75) is 52.5 Å². The van der Waals surface area contributed by atoms with Crippen LogP contribution in [0.15, 0.2) is 0 Å². The number of carbonyl (C=O) groups excluding carboxylic acids is 1. The van der Waals surface area contributed by atoms with E-state index in [9.17, 15) is 4.79 Å². The predicted molar refractivity (Wildman–Crippen MR) is 65.2 cm³/mol. The summed E-state index contributed by atoms with van der Waals surface area (Å²) < 4.78 is 4.78. The Morgan fingerprint density at radius 2 is 1.88 bits per heavy atom. The van der Waals surface area contributed by atoms with Gasteiger partial charge in [0.25, 0.3) is 0 Å². The SMILES string of the molecule is COC(=O)C(C)(C)NCC(C)(C)C1CCC1. The fourth-order valence-electron chi connectivity index (χ4n) is 2.11.